The monoisotopic (exact) mass is 226 g/mol. The van der Waals surface area contributed by atoms with Gasteiger partial charge in [-0.1, -0.05) is 31.5 Å². The van der Waals surface area contributed by atoms with E-state index in [0.29, 0.717) is 12.1 Å². The molecule has 0 aromatic carbocycles. The number of nitrogens with zero attached hydrogens (tertiary/aromatic N) is 1. The van der Waals surface area contributed by atoms with E-state index in [2.05, 4.69) is 24.2 Å². The molecule has 15 heavy (non-hydrogen) atoms. The number of hydrogen-bond donors (Lipinski definition) is 1. The van der Waals surface area contributed by atoms with Gasteiger partial charge in [0.05, 0.1) is 6.04 Å². The highest BCUT2D eigenvalue weighted by Crippen LogP contribution is 2.28. The van der Waals surface area contributed by atoms with Crippen LogP contribution in [0.2, 0.25) is 0 Å². The van der Waals surface area contributed by atoms with Crippen molar-refractivity contribution in [2.75, 3.05) is 5.75 Å². The van der Waals surface area contributed by atoms with Crippen molar-refractivity contribution in [3.63, 3.8) is 0 Å². The fourth-order valence-electron chi connectivity index (χ4n) is 2.47. The van der Waals surface area contributed by atoms with Crippen molar-refractivity contribution < 1.29 is 0 Å². The fourth-order valence-corrected chi connectivity index (χ4v) is 3.63. The summed E-state index contributed by atoms with van der Waals surface area (Å²) in [7, 11) is 0. The number of nitrogens with one attached hydrogen (secondary N) is 1. The zero-order chi connectivity index (χ0) is 10.7. The highest BCUT2D eigenvalue weighted by atomic mass is 32.2. The first-order chi connectivity index (χ1) is 7.29. The van der Waals surface area contributed by atoms with Crippen molar-refractivity contribution in [1.82, 2.24) is 5.32 Å². The first-order valence-corrected chi connectivity index (χ1v) is 7.25. The van der Waals surface area contributed by atoms with E-state index in [-0.39, 0.29) is 0 Å². The third-order valence-corrected chi connectivity index (χ3v) is 4.69. The summed E-state index contributed by atoms with van der Waals surface area (Å²) in [6, 6.07) is 1.18. The van der Waals surface area contributed by atoms with Gasteiger partial charge in [0.1, 0.15) is 0 Å². The van der Waals surface area contributed by atoms with Gasteiger partial charge in [0, 0.05) is 11.8 Å². The summed E-state index contributed by atoms with van der Waals surface area (Å²) < 4.78 is 0. The van der Waals surface area contributed by atoms with Gasteiger partial charge in [-0.15, -0.1) is 0 Å². The molecule has 0 aromatic rings. The van der Waals surface area contributed by atoms with Gasteiger partial charge >= 0.3 is 0 Å². The first kappa shape index (κ1) is 11.3. The molecule has 1 N–H and O–H groups in total. The standard InChI is InChI=1S/C12H22N2S/c1-3-11-8-15-12(14-11)13-9(2)10-6-4-5-7-10/h9-11H,3-8H2,1-2H3,(H,13,14). The molecule has 3 heteroatoms. The van der Waals surface area contributed by atoms with Gasteiger partial charge in [-0.25, -0.2) is 0 Å². The Morgan fingerprint density at radius 3 is 2.80 bits per heavy atom. The SMILES string of the molecule is CCC1CSC(NC(C)C2CCCC2)=N1. The molecule has 0 amide bonds. The van der Waals surface area contributed by atoms with Gasteiger partial charge in [-0.2, -0.15) is 0 Å². The molecular weight excluding hydrogens is 204 g/mol. The molecule has 1 saturated carbocycles. The summed E-state index contributed by atoms with van der Waals surface area (Å²) in [5.74, 6) is 2.06. The molecule has 0 spiro atoms. The van der Waals surface area contributed by atoms with Crippen LogP contribution in [0.15, 0.2) is 4.99 Å². The summed E-state index contributed by atoms with van der Waals surface area (Å²) in [4.78, 5) is 4.69. The van der Waals surface area contributed by atoms with Gasteiger partial charge in [0.25, 0.3) is 0 Å². The van der Waals surface area contributed by atoms with Crippen LogP contribution in [0.5, 0.6) is 0 Å². The van der Waals surface area contributed by atoms with E-state index in [4.69, 9.17) is 0 Å². The third kappa shape index (κ3) is 2.90. The molecule has 2 atom stereocenters. The predicted molar refractivity (Wildman–Crippen MR) is 68.5 cm³/mol. The van der Waals surface area contributed by atoms with Gasteiger partial charge in [-0.05, 0) is 32.1 Å². The molecule has 1 aliphatic heterocycles. The second-order valence-corrected chi connectivity index (χ2v) is 5.79. The summed E-state index contributed by atoms with van der Waals surface area (Å²) in [6.07, 6.45) is 6.84. The maximum Gasteiger partial charge on any atom is 0.157 e. The van der Waals surface area contributed by atoms with Crippen LogP contribution in [0, 0.1) is 5.92 Å². The second-order valence-electron chi connectivity index (χ2n) is 4.78. The van der Waals surface area contributed by atoms with Crippen molar-refractivity contribution in [2.24, 2.45) is 10.9 Å². The highest BCUT2D eigenvalue weighted by Gasteiger charge is 2.24. The molecule has 1 heterocycles. The van der Waals surface area contributed by atoms with Crippen molar-refractivity contribution in [3.05, 3.63) is 0 Å². The van der Waals surface area contributed by atoms with Crippen LogP contribution in [-0.4, -0.2) is 23.0 Å². The summed E-state index contributed by atoms with van der Waals surface area (Å²) >= 11 is 1.90. The molecule has 2 unspecified atom stereocenters. The van der Waals surface area contributed by atoms with Crippen LogP contribution in [-0.2, 0) is 0 Å². The van der Waals surface area contributed by atoms with E-state index in [1.165, 1.54) is 43.0 Å². The Balaban J connectivity index is 1.81. The summed E-state index contributed by atoms with van der Waals surface area (Å²) in [5.41, 5.74) is 0. The van der Waals surface area contributed by atoms with E-state index in [9.17, 15) is 0 Å². The number of thioether (sulfide) groups is 1. The Morgan fingerprint density at radius 2 is 2.20 bits per heavy atom. The largest absolute Gasteiger partial charge is 0.362 e. The van der Waals surface area contributed by atoms with E-state index in [1.807, 2.05) is 11.8 Å². The minimum absolute atomic E-state index is 0.563. The van der Waals surface area contributed by atoms with Crippen LogP contribution in [0.4, 0.5) is 0 Å². The molecule has 1 fully saturated rings. The molecular formula is C12H22N2S. The lowest BCUT2D eigenvalue weighted by molar-refractivity contribution is 0.428. The number of amidine groups is 1. The third-order valence-electron chi connectivity index (χ3n) is 3.64. The lowest BCUT2D eigenvalue weighted by Crippen LogP contribution is -2.35. The minimum Gasteiger partial charge on any atom is -0.362 e. The van der Waals surface area contributed by atoms with Crippen molar-refractivity contribution in [2.45, 2.75) is 58.0 Å². The molecule has 2 aliphatic rings. The summed E-state index contributed by atoms with van der Waals surface area (Å²) in [6.45, 7) is 4.54. The Bertz CT molecular complexity index is 234. The minimum atomic E-state index is 0.563. The Labute approximate surface area is 97.3 Å². The van der Waals surface area contributed by atoms with Gasteiger partial charge < -0.3 is 5.32 Å². The Kier molecular flexibility index (Phi) is 3.95. The molecule has 2 rings (SSSR count). The number of hydrogen-bond acceptors (Lipinski definition) is 3. The number of aliphatic imine (C=N–C) groups is 1. The molecule has 0 aromatic heterocycles. The average Bonchev–Trinajstić information content (AvgIpc) is 2.87. The number of rotatable bonds is 3. The van der Waals surface area contributed by atoms with E-state index < -0.39 is 0 Å². The second kappa shape index (κ2) is 5.24. The Hall–Kier alpha value is -0.180. The van der Waals surface area contributed by atoms with E-state index >= 15 is 0 Å². The van der Waals surface area contributed by atoms with Crippen molar-refractivity contribution in [1.29, 1.82) is 0 Å². The molecule has 0 bridgehead atoms. The topological polar surface area (TPSA) is 24.4 Å². The van der Waals surface area contributed by atoms with Crippen molar-refractivity contribution in [3.8, 4) is 0 Å². The molecule has 1 aliphatic carbocycles. The van der Waals surface area contributed by atoms with Gasteiger partial charge in [0.2, 0.25) is 0 Å². The predicted octanol–water partition coefficient (Wildman–Crippen LogP) is 3.04. The Morgan fingerprint density at radius 1 is 1.47 bits per heavy atom. The molecule has 2 nitrogen and oxygen atoms in total. The van der Waals surface area contributed by atoms with Crippen LogP contribution < -0.4 is 5.32 Å². The maximum absolute atomic E-state index is 4.69. The zero-order valence-corrected chi connectivity index (χ0v) is 10.6. The lowest BCUT2D eigenvalue weighted by Gasteiger charge is -2.20. The van der Waals surface area contributed by atoms with Gasteiger partial charge in [0.15, 0.2) is 5.17 Å². The molecule has 0 radical (unpaired) electrons. The average molecular weight is 226 g/mol. The van der Waals surface area contributed by atoms with Crippen LogP contribution in [0.3, 0.4) is 0 Å². The fraction of sp³-hybridized carbons (Fsp3) is 0.917. The smallest absolute Gasteiger partial charge is 0.157 e. The van der Waals surface area contributed by atoms with Crippen LogP contribution in [0.25, 0.3) is 0 Å². The van der Waals surface area contributed by atoms with E-state index in [1.54, 1.807) is 0 Å². The van der Waals surface area contributed by atoms with Crippen LogP contribution >= 0.6 is 11.8 Å². The normalized spacial score (nSPS) is 29.2. The zero-order valence-electron chi connectivity index (χ0n) is 9.83. The van der Waals surface area contributed by atoms with Crippen LogP contribution in [0.1, 0.15) is 46.0 Å². The quantitative estimate of drug-likeness (QED) is 0.800. The van der Waals surface area contributed by atoms with Gasteiger partial charge in [-0.3, -0.25) is 4.99 Å². The summed E-state index contributed by atoms with van der Waals surface area (Å²) in [5, 5.41) is 4.79. The van der Waals surface area contributed by atoms with Crippen molar-refractivity contribution >= 4 is 16.9 Å². The lowest BCUT2D eigenvalue weighted by atomic mass is 10.0. The molecule has 86 valence electrons. The first-order valence-electron chi connectivity index (χ1n) is 6.26. The van der Waals surface area contributed by atoms with E-state index in [0.717, 1.165) is 5.92 Å². The maximum atomic E-state index is 4.69. The molecule has 0 saturated heterocycles. The highest BCUT2D eigenvalue weighted by molar-refractivity contribution is 8.14.